The van der Waals surface area contributed by atoms with Crippen molar-refractivity contribution in [3.8, 4) is 0 Å². The second kappa shape index (κ2) is 6.49. The van der Waals surface area contributed by atoms with Crippen molar-refractivity contribution >= 4 is 22.6 Å². The Balaban J connectivity index is 1.69. The van der Waals surface area contributed by atoms with E-state index in [2.05, 4.69) is 35.2 Å². The van der Waals surface area contributed by atoms with Crippen LogP contribution >= 0.6 is 11.8 Å². The predicted molar refractivity (Wildman–Crippen MR) is 85.4 cm³/mol. The lowest BCUT2D eigenvalue weighted by molar-refractivity contribution is -0.133. The SMILES string of the molecule is O=C(C1C=C(c2ccccc2)SC1)N1CCCCCC1. The maximum absolute atomic E-state index is 12.6. The highest BCUT2D eigenvalue weighted by Gasteiger charge is 2.28. The molecule has 1 saturated heterocycles. The Labute approximate surface area is 125 Å². The summed E-state index contributed by atoms with van der Waals surface area (Å²) in [5.74, 6) is 1.32. The Morgan fingerprint density at radius 1 is 1.05 bits per heavy atom. The van der Waals surface area contributed by atoms with Gasteiger partial charge in [-0.2, -0.15) is 0 Å². The van der Waals surface area contributed by atoms with Crippen LogP contribution in [-0.2, 0) is 4.79 Å². The number of carbonyl (C=O) groups is 1. The van der Waals surface area contributed by atoms with Crippen LogP contribution in [0.3, 0.4) is 0 Å². The minimum absolute atomic E-state index is 0.0771. The maximum Gasteiger partial charge on any atom is 0.230 e. The van der Waals surface area contributed by atoms with Crippen molar-refractivity contribution < 1.29 is 4.79 Å². The number of benzene rings is 1. The second-order valence-corrected chi connectivity index (χ2v) is 6.62. The summed E-state index contributed by atoms with van der Waals surface area (Å²) in [6, 6.07) is 10.4. The number of likely N-dealkylation sites (tertiary alicyclic amines) is 1. The van der Waals surface area contributed by atoms with Gasteiger partial charge in [-0.3, -0.25) is 4.79 Å². The third-order valence-electron chi connectivity index (χ3n) is 4.06. The molecule has 3 heteroatoms. The normalized spacial score (nSPS) is 23.3. The van der Waals surface area contributed by atoms with E-state index in [0.29, 0.717) is 5.91 Å². The van der Waals surface area contributed by atoms with E-state index in [1.807, 2.05) is 17.8 Å². The fourth-order valence-corrected chi connectivity index (χ4v) is 4.07. The van der Waals surface area contributed by atoms with E-state index in [0.717, 1.165) is 18.8 Å². The Hall–Kier alpha value is -1.22. The molecule has 3 rings (SSSR count). The van der Waals surface area contributed by atoms with E-state index >= 15 is 0 Å². The van der Waals surface area contributed by atoms with E-state index in [-0.39, 0.29) is 5.92 Å². The number of thioether (sulfide) groups is 1. The predicted octanol–water partition coefficient (Wildman–Crippen LogP) is 3.79. The summed E-state index contributed by atoms with van der Waals surface area (Å²) in [5.41, 5.74) is 1.24. The van der Waals surface area contributed by atoms with Gasteiger partial charge in [0.05, 0.1) is 5.92 Å². The summed E-state index contributed by atoms with van der Waals surface area (Å²) in [4.78, 5) is 15.9. The highest BCUT2D eigenvalue weighted by Crippen LogP contribution is 2.37. The quantitative estimate of drug-likeness (QED) is 0.825. The summed E-state index contributed by atoms with van der Waals surface area (Å²) >= 11 is 1.81. The molecule has 1 aromatic rings. The number of amides is 1. The standard InChI is InChI=1S/C17H21NOS/c19-17(18-10-6-1-2-7-11-18)15-12-16(20-13-15)14-8-4-3-5-9-14/h3-5,8-9,12,15H,1-2,6-7,10-11,13H2. The van der Waals surface area contributed by atoms with Crippen LogP contribution in [-0.4, -0.2) is 29.6 Å². The fourth-order valence-electron chi connectivity index (χ4n) is 2.91. The van der Waals surface area contributed by atoms with Gasteiger partial charge in [-0.1, -0.05) is 49.2 Å². The Morgan fingerprint density at radius 3 is 2.45 bits per heavy atom. The largest absolute Gasteiger partial charge is 0.342 e. The van der Waals surface area contributed by atoms with Crippen LogP contribution < -0.4 is 0 Å². The zero-order valence-electron chi connectivity index (χ0n) is 11.8. The molecule has 0 aliphatic carbocycles. The van der Waals surface area contributed by atoms with Crippen molar-refractivity contribution in [2.24, 2.45) is 5.92 Å². The molecular weight excluding hydrogens is 266 g/mol. The maximum atomic E-state index is 12.6. The molecule has 1 atom stereocenters. The van der Waals surface area contributed by atoms with Crippen LogP contribution in [0.5, 0.6) is 0 Å². The van der Waals surface area contributed by atoms with Crippen molar-refractivity contribution in [2.45, 2.75) is 25.7 Å². The average molecular weight is 287 g/mol. The molecule has 0 saturated carbocycles. The molecule has 1 amide bonds. The van der Waals surface area contributed by atoms with Gasteiger partial charge in [0.2, 0.25) is 5.91 Å². The minimum atomic E-state index is 0.0771. The smallest absolute Gasteiger partial charge is 0.230 e. The van der Waals surface area contributed by atoms with E-state index in [1.165, 1.54) is 36.2 Å². The lowest BCUT2D eigenvalue weighted by atomic mass is 10.1. The first-order valence-electron chi connectivity index (χ1n) is 7.53. The number of hydrogen-bond donors (Lipinski definition) is 0. The van der Waals surface area contributed by atoms with Crippen molar-refractivity contribution in [1.82, 2.24) is 4.90 Å². The zero-order valence-corrected chi connectivity index (χ0v) is 12.6. The lowest BCUT2D eigenvalue weighted by Gasteiger charge is -2.22. The summed E-state index contributed by atoms with van der Waals surface area (Å²) in [6.45, 7) is 1.91. The third kappa shape index (κ3) is 3.09. The first kappa shape index (κ1) is 13.7. The summed E-state index contributed by atoms with van der Waals surface area (Å²) < 4.78 is 0. The van der Waals surface area contributed by atoms with Crippen molar-refractivity contribution in [3.05, 3.63) is 42.0 Å². The molecule has 106 valence electrons. The average Bonchev–Trinajstić information content (AvgIpc) is 2.83. The number of rotatable bonds is 2. The highest BCUT2D eigenvalue weighted by atomic mass is 32.2. The van der Waals surface area contributed by atoms with E-state index in [9.17, 15) is 4.79 Å². The monoisotopic (exact) mass is 287 g/mol. The van der Waals surface area contributed by atoms with Crippen molar-refractivity contribution in [2.75, 3.05) is 18.8 Å². The zero-order chi connectivity index (χ0) is 13.8. The lowest BCUT2D eigenvalue weighted by Crippen LogP contribution is -2.36. The highest BCUT2D eigenvalue weighted by molar-refractivity contribution is 8.08. The molecule has 1 aromatic carbocycles. The molecule has 1 fully saturated rings. The van der Waals surface area contributed by atoms with E-state index in [4.69, 9.17) is 0 Å². The topological polar surface area (TPSA) is 20.3 Å². The Morgan fingerprint density at radius 2 is 1.75 bits per heavy atom. The van der Waals surface area contributed by atoms with Crippen LogP contribution in [0.15, 0.2) is 36.4 Å². The van der Waals surface area contributed by atoms with E-state index in [1.54, 1.807) is 0 Å². The first-order chi connectivity index (χ1) is 9.84. The van der Waals surface area contributed by atoms with Gasteiger partial charge in [0.1, 0.15) is 0 Å². The molecule has 20 heavy (non-hydrogen) atoms. The van der Waals surface area contributed by atoms with Gasteiger partial charge in [-0.15, -0.1) is 11.8 Å². The summed E-state index contributed by atoms with van der Waals surface area (Å²) in [7, 11) is 0. The Kier molecular flexibility index (Phi) is 4.46. The van der Waals surface area contributed by atoms with Gasteiger partial charge in [0, 0.05) is 23.7 Å². The van der Waals surface area contributed by atoms with E-state index < -0.39 is 0 Å². The van der Waals surface area contributed by atoms with Gasteiger partial charge >= 0.3 is 0 Å². The van der Waals surface area contributed by atoms with Gasteiger partial charge in [0.15, 0.2) is 0 Å². The third-order valence-corrected chi connectivity index (χ3v) is 5.27. The van der Waals surface area contributed by atoms with Gasteiger partial charge in [-0.25, -0.2) is 0 Å². The number of nitrogens with zero attached hydrogens (tertiary/aromatic N) is 1. The number of carbonyl (C=O) groups excluding carboxylic acids is 1. The summed E-state index contributed by atoms with van der Waals surface area (Å²) in [6.07, 6.45) is 7.05. The molecule has 0 N–H and O–H groups in total. The second-order valence-electron chi connectivity index (χ2n) is 5.55. The van der Waals surface area contributed by atoms with Crippen molar-refractivity contribution in [1.29, 1.82) is 0 Å². The Bertz CT molecular complexity index is 489. The molecule has 0 bridgehead atoms. The number of hydrogen-bond acceptors (Lipinski definition) is 2. The molecule has 2 nitrogen and oxygen atoms in total. The van der Waals surface area contributed by atoms with Gasteiger partial charge in [-0.05, 0) is 18.4 Å². The molecule has 2 aliphatic rings. The van der Waals surface area contributed by atoms with Crippen molar-refractivity contribution in [3.63, 3.8) is 0 Å². The van der Waals surface area contributed by atoms with Crippen LogP contribution in [0.1, 0.15) is 31.2 Å². The molecule has 2 heterocycles. The molecule has 2 aliphatic heterocycles. The first-order valence-corrected chi connectivity index (χ1v) is 8.52. The van der Waals surface area contributed by atoms with Gasteiger partial charge in [0.25, 0.3) is 0 Å². The minimum Gasteiger partial charge on any atom is -0.342 e. The molecular formula is C17H21NOS. The summed E-state index contributed by atoms with van der Waals surface area (Å²) in [5, 5.41) is 0. The van der Waals surface area contributed by atoms with Crippen LogP contribution in [0.2, 0.25) is 0 Å². The molecule has 0 spiro atoms. The molecule has 0 radical (unpaired) electrons. The molecule has 1 unspecified atom stereocenters. The van der Waals surface area contributed by atoms with Crippen LogP contribution in [0, 0.1) is 5.92 Å². The van der Waals surface area contributed by atoms with Gasteiger partial charge < -0.3 is 4.90 Å². The van der Waals surface area contributed by atoms with Crippen LogP contribution in [0.25, 0.3) is 4.91 Å². The molecule has 0 aromatic heterocycles. The van der Waals surface area contributed by atoms with Crippen LogP contribution in [0.4, 0.5) is 0 Å². The fraction of sp³-hybridized carbons (Fsp3) is 0.471.